The Balaban J connectivity index is 2.23. The largest absolute Gasteiger partial charge is 0.481 e. The molecule has 18 heavy (non-hydrogen) atoms. The van der Waals surface area contributed by atoms with Gasteiger partial charge in [0.25, 0.3) is 0 Å². The minimum Gasteiger partial charge on any atom is -0.481 e. The van der Waals surface area contributed by atoms with E-state index in [2.05, 4.69) is 0 Å². The molecule has 0 spiro atoms. The predicted octanol–water partition coefficient (Wildman–Crippen LogP) is 3.54. The number of carboxylic acid groups (broad SMARTS) is 1. The Morgan fingerprint density at radius 2 is 1.83 bits per heavy atom. The van der Waals surface area contributed by atoms with Gasteiger partial charge in [-0.05, 0) is 37.0 Å². The summed E-state index contributed by atoms with van der Waals surface area (Å²) in [5.41, 5.74) is -0.249. The molecule has 0 heterocycles. The molecule has 1 saturated carbocycles. The number of rotatable bonds is 3. The van der Waals surface area contributed by atoms with Gasteiger partial charge in [0.05, 0.1) is 5.41 Å². The Kier molecular flexibility index (Phi) is 3.64. The van der Waals surface area contributed by atoms with Gasteiger partial charge in [0.2, 0.25) is 0 Å². The molecular formula is C14H16F2O2. The Hall–Kier alpha value is -1.45. The summed E-state index contributed by atoms with van der Waals surface area (Å²) in [6.07, 6.45) is 4.32. The highest BCUT2D eigenvalue weighted by Crippen LogP contribution is 2.39. The first-order valence-electron chi connectivity index (χ1n) is 6.21. The SMILES string of the molecule is O=C(O)C1(Cc2ccc(F)c(F)c2)CCCCC1. The highest BCUT2D eigenvalue weighted by Gasteiger charge is 2.39. The summed E-state index contributed by atoms with van der Waals surface area (Å²) in [5.74, 6) is -2.64. The molecule has 98 valence electrons. The van der Waals surface area contributed by atoms with Gasteiger partial charge in [-0.15, -0.1) is 0 Å². The number of hydrogen-bond acceptors (Lipinski definition) is 1. The van der Waals surface area contributed by atoms with E-state index in [9.17, 15) is 18.7 Å². The van der Waals surface area contributed by atoms with Crippen LogP contribution in [0.3, 0.4) is 0 Å². The summed E-state index contributed by atoms with van der Waals surface area (Å²) in [6, 6.07) is 3.63. The number of aliphatic carboxylic acids is 1. The fraction of sp³-hybridized carbons (Fsp3) is 0.500. The van der Waals surface area contributed by atoms with Crippen LogP contribution in [-0.4, -0.2) is 11.1 Å². The fourth-order valence-corrected chi connectivity index (χ4v) is 2.74. The van der Waals surface area contributed by atoms with Crippen molar-refractivity contribution in [1.82, 2.24) is 0 Å². The van der Waals surface area contributed by atoms with Crippen molar-refractivity contribution in [3.8, 4) is 0 Å². The van der Waals surface area contributed by atoms with Crippen molar-refractivity contribution < 1.29 is 18.7 Å². The Morgan fingerprint density at radius 3 is 2.39 bits per heavy atom. The van der Waals surface area contributed by atoms with Crippen LogP contribution in [-0.2, 0) is 11.2 Å². The van der Waals surface area contributed by atoms with Crippen LogP contribution in [0, 0.1) is 17.0 Å². The van der Waals surface area contributed by atoms with Crippen LogP contribution in [0.25, 0.3) is 0 Å². The summed E-state index contributed by atoms with van der Waals surface area (Å²) in [6.45, 7) is 0. The van der Waals surface area contributed by atoms with Crippen molar-refractivity contribution in [3.63, 3.8) is 0 Å². The molecule has 0 atom stereocenters. The molecule has 4 heteroatoms. The van der Waals surface area contributed by atoms with Gasteiger partial charge in [-0.1, -0.05) is 25.3 Å². The first-order chi connectivity index (χ1) is 8.53. The van der Waals surface area contributed by atoms with Crippen molar-refractivity contribution in [2.45, 2.75) is 38.5 Å². The van der Waals surface area contributed by atoms with Gasteiger partial charge in [-0.25, -0.2) is 8.78 Å². The lowest BCUT2D eigenvalue weighted by Gasteiger charge is -2.33. The molecule has 0 radical (unpaired) electrons. The highest BCUT2D eigenvalue weighted by atomic mass is 19.2. The van der Waals surface area contributed by atoms with Gasteiger partial charge in [-0.2, -0.15) is 0 Å². The molecule has 2 nitrogen and oxygen atoms in total. The lowest BCUT2D eigenvalue weighted by atomic mass is 9.70. The first kappa shape index (κ1) is 13.0. The van der Waals surface area contributed by atoms with Gasteiger partial charge < -0.3 is 5.11 Å². The Labute approximate surface area is 105 Å². The molecule has 1 aliphatic rings. The molecule has 1 aromatic rings. The number of hydrogen-bond donors (Lipinski definition) is 1. The van der Waals surface area contributed by atoms with E-state index in [1.165, 1.54) is 6.07 Å². The first-order valence-corrected chi connectivity index (χ1v) is 6.21. The average Bonchev–Trinajstić information content (AvgIpc) is 2.35. The van der Waals surface area contributed by atoms with E-state index >= 15 is 0 Å². The van der Waals surface area contributed by atoms with E-state index in [0.717, 1.165) is 31.4 Å². The second-order valence-electron chi connectivity index (χ2n) is 5.07. The van der Waals surface area contributed by atoms with Gasteiger partial charge >= 0.3 is 5.97 Å². The third kappa shape index (κ3) is 2.52. The zero-order valence-electron chi connectivity index (χ0n) is 10.1. The van der Waals surface area contributed by atoms with Crippen LogP contribution in [0.1, 0.15) is 37.7 Å². The molecule has 0 aromatic heterocycles. The van der Waals surface area contributed by atoms with Crippen LogP contribution in [0.5, 0.6) is 0 Å². The van der Waals surface area contributed by atoms with E-state index in [1.807, 2.05) is 0 Å². The Morgan fingerprint density at radius 1 is 1.17 bits per heavy atom. The highest BCUT2D eigenvalue weighted by molar-refractivity contribution is 5.75. The van der Waals surface area contributed by atoms with Gasteiger partial charge in [0.15, 0.2) is 11.6 Å². The molecule has 0 unspecified atom stereocenters. The molecule has 1 aliphatic carbocycles. The smallest absolute Gasteiger partial charge is 0.309 e. The van der Waals surface area contributed by atoms with Crippen LogP contribution < -0.4 is 0 Å². The van der Waals surface area contributed by atoms with Crippen LogP contribution >= 0.6 is 0 Å². The molecule has 1 fully saturated rings. The number of carbonyl (C=O) groups is 1. The summed E-state index contributed by atoms with van der Waals surface area (Å²) in [5, 5.41) is 9.41. The summed E-state index contributed by atoms with van der Waals surface area (Å²) < 4.78 is 26.0. The van der Waals surface area contributed by atoms with Crippen LogP contribution in [0.4, 0.5) is 8.78 Å². The molecule has 0 saturated heterocycles. The molecule has 0 bridgehead atoms. The topological polar surface area (TPSA) is 37.3 Å². The number of benzene rings is 1. The fourth-order valence-electron chi connectivity index (χ4n) is 2.74. The van der Waals surface area contributed by atoms with E-state index in [1.54, 1.807) is 0 Å². The van der Waals surface area contributed by atoms with Crippen molar-refractivity contribution in [2.24, 2.45) is 5.41 Å². The summed E-state index contributed by atoms with van der Waals surface area (Å²) in [4.78, 5) is 11.5. The maximum Gasteiger partial charge on any atom is 0.309 e. The third-order valence-corrected chi connectivity index (χ3v) is 3.79. The van der Waals surface area contributed by atoms with Crippen LogP contribution in [0.15, 0.2) is 18.2 Å². The van der Waals surface area contributed by atoms with Crippen molar-refractivity contribution in [2.75, 3.05) is 0 Å². The second kappa shape index (κ2) is 5.04. The zero-order chi connectivity index (χ0) is 13.2. The maximum absolute atomic E-state index is 13.1. The second-order valence-corrected chi connectivity index (χ2v) is 5.07. The van der Waals surface area contributed by atoms with E-state index < -0.39 is 23.0 Å². The normalized spacial score (nSPS) is 18.6. The molecule has 1 N–H and O–H groups in total. The molecule has 2 rings (SSSR count). The lowest BCUT2D eigenvalue weighted by Crippen LogP contribution is -2.35. The summed E-state index contributed by atoms with van der Waals surface area (Å²) in [7, 11) is 0. The monoisotopic (exact) mass is 254 g/mol. The molecular weight excluding hydrogens is 238 g/mol. The van der Waals surface area contributed by atoms with Crippen molar-refractivity contribution in [3.05, 3.63) is 35.4 Å². The van der Waals surface area contributed by atoms with Crippen molar-refractivity contribution in [1.29, 1.82) is 0 Å². The van der Waals surface area contributed by atoms with Crippen molar-refractivity contribution >= 4 is 5.97 Å². The average molecular weight is 254 g/mol. The molecule has 0 aliphatic heterocycles. The maximum atomic E-state index is 13.1. The van der Waals surface area contributed by atoms with E-state index in [0.29, 0.717) is 18.4 Å². The lowest BCUT2D eigenvalue weighted by molar-refractivity contribution is -0.151. The zero-order valence-corrected chi connectivity index (χ0v) is 10.1. The quantitative estimate of drug-likeness (QED) is 0.895. The summed E-state index contributed by atoms with van der Waals surface area (Å²) >= 11 is 0. The van der Waals surface area contributed by atoms with E-state index in [-0.39, 0.29) is 6.42 Å². The number of halogens is 2. The third-order valence-electron chi connectivity index (χ3n) is 3.79. The van der Waals surface area contributed by atoms with Gasteiger partial charge in [0, 0.05) is 0 Å². The van der Waals surface area contributed by atoms with E-state index in [4.69, 9.17) is 0 Å². The number of carboxylic acids is 1. The Bertz CT molecular complexity index is 451. The molecule has 0 amide bonds. The van der Waals surface area contributed by atoms with Gasteiger partial charge in [0.1, 0.15) is 0 Å². The minimum atomic E-state index is -0.913. The molecule has 1 aromatic carbocycles. The van der Waals surface area contributed by atoms with Crippen LogP contribution in [0.2, 0.25) is 0 Å². The standard InChI is InChI=1S/C14H16F2O2/c15-11-5-4-10(8-12(11)16)9-14(13(17)18)6-2-1-3-7-14/h4-5,8H,1-3,6-7,9H2,(H,17,18). The van der Waals surface area contributed by atoms with Gasteiger partial charge in [-0.3, -0.25) is 4.79 Å². The minimum absolute atomic E-state index is 0.277. The predicted molar refractivity (Wildman–Crippen MR) is 63.2 cm³/mol.